The maximum Gasteiger partial charge on any atom is 0.339 e. The van der Waals surface area contributed by atoms with E-state index in [1.165, 1.54) is 33.5 Å². The Bertz CT molecular complexity index is 860. The number of rotatable bonds is 7. The maximum atomic E-state index is 12.4. The van der Waals surface area contributed by atoms with Gasteiger partial charge in [0.25, 0.3) is 0 Å². The zero-order valence-corrected chi connectivity index (χ0v) is 15.8. The van der Waals surface area contributed by atoms with E-state index in [1.807, 2.05) is 0 Å². The Morgan fingerprint density at radius 2 is 1.52 bits per heavy atom. The molecule has 8 nitrogen and oxygen atoms in total. The largest absolute Gasteiger partial charge is 0.497 e. The Kier molecular flexibility index (Phi) is 6.23. The Morgan fingerprint density at radius 1 is 0.926 bits per heavy atom. The van der Waals surface area contributed by atoms with Crippen molar-refractivity contribution in [1.29, 1.82) is 0 Å². The van der Waals surface area contributed by atoms with Crippen LogP contribution in [0.3, 0.4) is 0 Å². The molecule has 0 aliphatic rings. The van der Waals surface area contributed by atoms with Gasteiger partial charge in [0.1, 0.15) is 11.5 Å². The molecule has 0 bridgehead atoms. The highest BCUT2D eigenvalue weighted by atomic mass is 16.5. The molecular weight excluding hydrogens is 354 g/mol. The number of aromatic amines is 1. The molecule has 0 spiro atoms. The zero-order chi connectivity index (χ0) is 20.1. The van der Waals surface area contributed by atoms with Crippen molar-refractivity contribution in [1.82, 2.24) is 4.98 Å². The minimum absolute atomic E-state index is 0.189. The molecule has 1 N–H and O–H groups in total. The lowest BCUT2D eigenvalue weighted by Crippen LogP contribution is -2.16. The fourth-order valence-corrected chi connectivity index (χ4v) is 2.65. The molecule has 2 rings (SSSR count). The third kappa shape index (κ3) is 4.28. The fraction of sp³-hybridized carbons (Fsp3) is 0.316. The molecule has 27 heavy (non-hydrogen) atoms. The van der Waals surface area contributed by atoms with Gasteiger partial charge in [0.2, 0.25) is 5.78 Å². The van der Waals surface area contributed by atoms with Crippen LogP contribution in [0.4, 0.5) is 0 Å². The predicted octanol–water partition coefficient (Wildman–Crippen LogP) is 2.48. The van der Waals surface area contributed by atoms with Gasteiger partial charge in [0.05, 0.1) is 38.2 Å². The number of hydrogen-bond acceptors (Lipinski definition) is 7. The van der Waals surface area contributed by atoms with Gasteiger partial charge in [-0.15, -0.1) is 0 Å². The molecule has 0 fully saturated rings. The molecule has 0 saturated heterocycles. The monoisotopic (exact) mass is 375 g/mol. The van der Waals surface area contributed by atoms with Crippen molar-refractivity contribution in [2.75, 3.05) is 27.9 Å². The van der Waals surface area contributed by atoms with Gasteiger partial charge in [-0.3, -0.25) is 4.79 Å². The highest BCUT2D eigenvalue weighted by Gasteiger charge is 2.23. The number of Topliss-reactive ketones (excluding diaryl/α,β-unsaturated/α-hetero) is 1. The van der Waals surface area contributed by atoms with Crippen LogP contribution in [-0.2, 0) is 9.47 Å². The van der Waals surface area contributed by atoms with E-state index in [-0.39, 0.29) is 11.3 Å². The summed E-state index contributed by atoms with van der Waals surface area (Å²) in [4.78, 5) is 39.3. The molecule has 0 atom stereocenters. The summed E-state index contributed by atoms with van der Waals surface area (Å²) in [5.74, 6) is -0.859. The molecule has 8 heteroatoms. The molecule has 0 aliphatic carbocycles. The number of benzene rings is 1. The van der Waals surface area contributed by atoms with Crippen LogP contribution in [0.1, 0.15) is 42.5 Å². The number of ether oxygens (including phenoxy) is 4. The first-order chi connectivity index (χ1) is 12.8. The Labute approximate surface area is 156 Å². The number of carbonyl (C=O) groups excluding carboxylic acids is 3. The molecule has 0 amide bonds. The van der Waals surface area contributed by atoms with Gasteiger partial charge in [0.15, 0.2) is 6.61 Å². The van der Waals surface area contributed by atoms with Gasteiger partial charge in [0, 0.05) is 11.8 Å². The summed E-state index contributed by atoms with van der Waals surface area (Å²) < 4.78 is 20.0. The number of H-pyrrole nitrogens is 1. The highest BCUT2D eigenvalue weighted by Crippen LogP contribution is 2.23. The van der Waals surface area contributed by atoms with Gasteiger partial charge in [-0.25, -0.2) is 9.59 Å². The van der Waals surface area contributed by atoms with Crippen LogP contribution >= 0.6 is 0 Å². The van der Waals surface area contributed by atoms with E-state index in [4.69, 9.17) is 18.9 Å². The van der Waals surface area contributed by atoms with Crippen LogP contribution in [0.2, 0.25) is 0 Å². The molecule has 0 aliphatic heterocycles. The lowest BCUT2D eigenvalue weighted by atomic mass is 10.1. The standard InChI is InChI=1S/C19H21NO7/c1-10-16(19(23)26-5)11(2)20-17(10)15(21)9-27-18(22)12-6-13(24-3)8-14(7-12)25-4/h6-8,20H,9H2,1-5H3. The minimum atomic E-state index is -0.699. The lowest BCUT2D eigenvalue weighted by molar-refractivity contribution is 0.0472. The van der Waals surface area contributed by atoms with Gasteiger partial charge in [-0.2, -0.15) is 0 Å². The van der Waals surface area contributed by atoms with E-state index >= 15 is 0 Å². The smallest absolute Gasteiger partial charge is 0.339 e. The summed E-state index contributed by atoms with van der Waals surface area (Å²) in [5, 5.41) is 0. The number of ketones is 1. The number of aryl methyl sites for hydroxylation is 1. The Hall–Kier alpha value is -3.29. The highest BCUT2D eigenvalue weighted by molar-refractivity contribution is 6.03. The van der Waals surface area contributed by atoms with Gasteiger partial charge in [-0.1, -0.05) is 0 Å². The topological polar surface area (TPSA) is 104 Å². The Morgan fingerprint density at radius 3 is 2.04 bits per heavy atom. The number of aromatic nitrogens is 1. The van der Waals surface area contributed by atoms with Crippen LogP contribution in [0.15, 0.2) is 18.2 Å². The summed E-state index contributed by atoms with van der Waals surface area (Å²) in [6.45, 7) is 2.79. The number of nitrogens with one attached hydrogen (secondary N) is 1. The number of methoxy groups -OCH3 is 3. The quantitative estimate of drug-likeness (QED) is 0.585. The maximum absolute atomic E-state index is 12.4. The third-order valence-electron chi connectivity index (χ3n) is 4.03. The van der Waals surface area contributed by atoms with Crippen molar-refractivity contribution in [2.45, 2.75) is 13.8 Å². The SMILES string of the molecule is COC(=O)c1c(C)[nH]c(C(=O)COC(=O)c2cc(OC)cc(OC)c2)c1C. The van der Waals surface area contributed by atoms with E-state index in [2.05, 4.69) is 4.98 Å². The lowest BCUT2D eigenvalue weighted by Gasteiger charge is -2.08. The first-order valence-electron chi connectivity index (χ1n) is 8.03. The molecule has 1 heterocycles. The third-order valence-corrected chi connectivity index (χ3v) is 4.03. The molecule has 1 aromatic heterocycles. The minimum Gasteiger partial charge on any atom is -0.497 e. The zero-order valence-electron chi connectivity index (χ0n) is 15.8. The predicted molar refractivity (Wildman–Crippen MR) is 95.8 cm³/mol. The second kappa shape index (κ2) is 8.39. The van der Waals surface area contributed by atoms with Gasteiger partial charge >= 0.3 is 11.9 Å². The summed E-state index contributed by atoms with van der Waals surface area (Å²) >= 11 is 0. The summed E-state index contributed by atoms with van der Waals surface area (Å²) in [6.07, 6.45) is 0. The van der Waals surface area contributed by atoms with E-state index in [1.54, 1.807) is 19.9 Å². The number of esters is 2. The van der Waals surface area contributed by atoms with E-state index < -0.39 is 24.3 Å². The van der Waals surface area contributed by atoms with Crippen molar-refractivity contribution < 1.29 is 33.3 Å². The summed E-state index contributed by atoms with van der Waals surface area (Å²) in [5.41, 5.74) is 1.64. The normalized spacial score (nSPS) is 10.3. The van der Waals surface area contributed by atoms with Crippen molar-refractivity contribution in [3.63, 3.8) is 0 Å². The molecule has 1 aromatic carbocycles. The average molecular weight is 375 g/mol. The van der Waals surface area contributed by atoms with Gasteiger partial charge in [-0.05, 0) is 31.5 Å². The van der Waals surface area contributed by atoms with Crippen molar-refractivity contribution in [2.24, 2.45) is 0 Å². The molecule has 144 valence electrons. The summed E-state index contributed by atoms with van der Waals surface area (Å²) in [6, 6.07) is 4.57. The molecule has 2 aromatic rings. The van der Waals surface area contributed by atoms with Crippen LogP contribution < -0.4 is 9.47 Å². The van der Waals surface area contributed by atoms with E-state index in [9.17, 15) is 14.4 Å². The van der Waals surface area contributed by atoms with Crippen molar-refractivity contribution >= 4 is 17.7 Å². The molecule has 0 radical (unpaired) electrons. The molecule has 0 unspecified atom stereocenters. The Balaban J connectivity index is 2.14. The molecule has 0 saturated carbocycles. The van der Waals surface area contributed by atoms with Gasteiger partial charge < -0.3 is 23.9 Å². The number of hydrogen-bond donors (Lipinski definition) is 1. The fourth-order valence-electron chi connectivity index (χ4n) is 2.65. The molecular formula is C19H21NO7. The van der Waals surface area contributed by atoms with Crippen LogP contribution in [0, 0.1) is 13.8 Å². The van der Waals surface area contributed by atoms with E-state index in [0.29, 0.717) is 28.3 Å². The first kappa shape index (κ1) is 20.0. The number of carbonyl (C=O) groups is 3. The second-order valence-corrected chi connectivity index (χ2v) is 5.72. The second-order valence-electron chi connectivity index (χ2n) is 5.72. The average Bonchev–Trinajstić information content (AvgIpc) is 2.98. The van der Waals surface area contributed by atoms with E-state index in [0.717, 1.165) is 0 Å². The van der Waals surface area contributed by atoms with Crippen LogP contribution in [-0.4, -0.2) is 50.6 Å². The van der Waals surface area contributed by atoms with Crippen LogP contribution in [0.25, 0.3) is 0 Å². The van der Waals surface area contributed by atoms with Crippen molar-refractivity contribution in [3.05, 3.63) is 46.3 Å². The van der Waals surface area contributed by atoms with Crippen molar-refractivity contribution in [3.8, 4) is 11.5 Å². The van der Waals surface area contributed by atoms with Crippen LogP contribution in [0.5, 0.6) is 11.5 Å². The first-order valence-corrected chi connectivity index (χ1v) is 8.03. The summed E-state index contributed by atoms with van der Waals surface area (Å²) in [7, 11) is 4.19.